The number of ether oxygens (including phenoxy) is 1. The van der Waals surface area contributed by atoms with Crippen molar-refractivity contribution in [2.75, 3.05) is 26.2 Å². The molecule has 0 bridgehead atoms. The molecule has 4 heterocycles. The van der Waals surface area contributed by atoms with Crippen LogP contribution in [0.25, 0.3) is 0 Å². The highest BCUT2D eigenvalue weighted by Crippen LogP contribution is 2.40. The van der Waals surface area contributed by atoms with Gasteiger partial charge < -0.3 is 19.1 Å². The normalized spacial score (nSPS) is 20.3. The van der Waals surface area contributed by atoms with E-state index >= 15 is 0 Å². The molecule has 0 aromatic carbocycles. The van der Waals surface area contributed by atoms with Gasteiger partial charge in [-0.2, -0.15) is 0 Å². The molecule has 29 heavy (non-hydrogen) atoms. The summed E-state index contributed by atoms with van der Waals surface area (Å²) >= 11 is 0. The number of rotatable bonds is 4. The fraction of sp³-hybridized carbons (Fsp3) is 0.550. The van der Waals surface area contributed by atoms with E-state index in [1.807, 2.05) is 24.6 Å². The van der Waals surface area contributed by atoms with Gasteiger partial charge in [0, 0.05) is 57.6 Å². The van der Waals surface area contributed by atoms with Gasteiger partial charge in [0.2, 0.25) is 0 Å². The number of hydrogen-bond acceptors (Lipinski definition) is 6. The minimum atomic E-state index is -0.655. The van der Waals surface area contributed by atoms with Crippen molar-refractivity contribution in [1.82, 2.24) is 29.3 Å². The maximum Gasteiger partial charge on any atom is 0.272 e. The second-order valence-corrected chi connectivity index (χ2v) is 7.40. The van der Waals surface area contributed by atoms with Crippen molar-refractivity contribution in [3.63, 3.8) is 0 Å². The number of imidazole rings is 1. The molecule has 1 saturated heterocycles. The van der Waals surface area contributed by atoms with Crippen molar-refractivity contribution >= 4 is 11.8 Å². The summed E-state index contributed by atoms with van der Waals surface area (Å²) < 4.78 is 8.47. The minimum absolute atomic E-state index is 0.00761. The van der Waals surface area contributed by atoms with E-state index in [-0.39, 0.29) is 11.8 Å². The smallest absolute Gasteiger partial charge is 0.272 e. The Hall–Kier alpha value is -2.81. The van der Waals surface area contributed by atoms with Gasteiger partial charge in [0.15, 0.2) is 6.10 Å². The Kier molecular flexibility index (Phi) is 5.31. The monoisotopic (exact) mass is 398 g/mol. The highest BCUT2D eigenvalue weighted by atomic mass is 16.5. The molecule has 2 aromatic heterocycles. The number of likely N-dealkylation sites (N-methyl/N-ethyl adjacent to an activating group) is 1. The largest absolute Gasteiger partial charge is 0.352 e. The van der Waals surface area contributed by atoms with Gasteiger partial charge in [0.1, 0.15) is 23.4 Å². The molecule has 9 heteroatoms. The molecule has 4 rings (SSSR count). The van der Waals surface area contributed by atoms with Gasteiger partial charge in [-0.25, -0.2) is 15.0 Å². The third-order valence-electron chi connectivity index (χ3n) is 5.86. The quantitative estimate of drug-likeness (QED) is 0.765. The number of carbonyl (C=O) groups is 2. The Balaban J connectivity index is 1.53. The van der Waals surface area contributed by atoms with Crippen molar-refractivity contribution in [1.29, 1.82) is 0 Å². The number of amides is 2. The molecule has 0 radical (unpaired) electrons. The average molecular weight is 398 g/mol. The standard InChI is InChI=1S/C20H26N6O3/c1-3-24(4-2)18(28)16-13-26-12-9-22-19(26)20(29-16)6-10-25(11-7-20)17(27)15-5-8-21-14-23-15/h5,8-9,12,14,16H,3-4,6-7,10-11,13H2,1-2H3. The van der Waals surface area contributed by atoms with Crippen molar-refractivity contribution in [3.05, 3.63) is 42.5 Å². The number of fused-ring (bicyclic) bond motifs is 2. The second kappa shape index (κ2) is 7.90. The molecule has 2 amide bonds. The van der Waals surface area contributed by atoms with Crippen molar-refractivity contribution in [2.45, 2.75) is 44.9 Å². The van der Waals surface area contributed by atoms with Gasteiger partial charge in [-0.3, -0.25) is 9.59 Å². The summed E-state index contributed by atoms with van der Waals surface area (Å²) in [4.78, 5) is 41.7. The Morgan fingerprint density at radius 2 is 1.97 bits per heavy atom. The highest BCUT2D eigenvalue weighted by molar-refractivity contribution is 5.92. The van der Waals surface area contributed by atoms with Crippen LogP contribution in [0.15, 0.2) is 31.0 Å². The van der Waals surface area contributed by atoms with Crippen LogP contribution in [0.2, 0.25) is 0 Å². The minimum Gasteiger partial charge on any atom is -0.352 e. The molecule has 2 aliphatic rings. The van der Waals surface area contributed by atoms with Crippen LogP contribution in [0.3, 0.4) is 0 Å². The molecule has 1 atom stereocenters. The Bertz CT molecular complexity index is 871. The second-order valence-electron chi connectivity index (χ2n) is 7.40. The van der Waals surface area contributed by atoms with E-state index in [0.29, 0.717) is 51.3 Å². The van der Waals surface area contributed by atoms with Gasteiger partial charge in [-0.05, 0) is 19.9 Å². The average Bonchev–Trinajstić information content (AvgIpc) is 3.25. The zero-order valence-corrected chi connectivity index (χ0v) is 16.8. The van der Waals surface area contributed by atoms with E-state index in [4.69, 9.17) is 4.74 Å². The molecule has 0 N–H and O–H groups in total. The van der Waals surface area contributed by atoms with Crippen LogP contribution in [0.4, 0.5) is 0 Å². The molecule has 154 valence electrons. The van der Waals surface area contributed by atoms with E-state index in [1.165, 1.54) is 6.33 Å². The Morgan fingerprint density at radius 1 is 1.21 bits per heavy atom. The first-order chi connectivity index (χ1) is 14.1. The van der Waals surface area contributed by atoms with Crippen LogP contribution in [0.5, 0.6) is 0 Å². The lowest BCUT2D eigenvalue weighted by atomic mass is 9.88. The number of piperidine rings is 1. The number of hydrogen-bond donors (Lipinski definition) is 0. The van der Waals surface area contributed by atoms with Crippen LogP contribution in [0, 0.1) is 0 Å². The molecule has 0 aliphatic carbocycles. The molecule has 2 aromatic rings. The van der Waals surface area contributed by atoms with E-state index in [1.54, 1.807) is 28.3 Å². The Morgan fingerprint density at radius 3 is 2.62 bits per heavy atom. The summed E-state index contributed by atoms with van der Waals surface area (Å²) in [6.45, 7) is 6.75. The van der Waals surface area contributed by atoms with Crippen LogP contribution in [0.1, 0.15) is 43.0 Å². The fourth-order valence-corrected chi connectivity index (χ4v) is 4.26. The lowest BCUT2D eigenvalue weighted by molar-refractivity contribution is -0.179. The number of carbonyl (C=O) groups excluding carboxylic acids is 2. The van der Waals surface area contributed by atoms with E-state index in [0.717, 1.165) is 5.82 Å². The van der Waals surface area contributed by atoms with E-state index in [2.05, 4.69) is 15.0 Å². The predicted octanol–water partition coefficient (Wildman–Crippen LogP) is 1.07. The number of aromatic nitrogens is 4. The van der Waals surface area contributed by atoms with Gasteiger partial charge in [0.05, 0.1) is 6.54 Å². The van der Waals surface area contributed by atoms with Crippen molar-refractivity contribution < 1.29 is 14.3 Å². The van der Waals surface area contributed by atoms with Crippen LogP contribution >= 0.6 is 0 Å². The third kappa shape index (κ3) is 3.50. The highest BCUT2D eigenvalue weighted by Gasteiger charge is 2.48. The first-order valence-electron chi connectivity index (χ1n) is 10.1. The molecule has 1 fully saturated rings. The predicted molar refractivity (Wildman–Crippen MR) is 104 cm³/mol. The van der Waals surface area contributed by atoms with E-state index in [9.17, 15) is 9.59 Å². The lowest BCUT2D eigenvalue weighted by Crippen LogP contribution is -2.55. The van der Waals surface area contributed by atoms with Gasteiger partial charge in [-0.15, -0.1) is 0 Å². The number of nitrogens with zero attached hydrogens (tertiary/aromatic N) is 6. The third-order valence-corrected chi connectivity index (χ3v) is 5.86. The first-order valence-corrected chi connectivity index (χ1v) is 10.1. The molecular formula is C20H26N6O3. The zero-order valence-electron chi connectivity index (χ0n) is 16.8. The van der Waals surface area contributed by atoms with Crippen LogP contribution < -0.4 is 0 Å². The summed E-state index contributed by atoms with van der Waals surface area (Å²) in [5.74, 6) is 0.737. The molecule has 1 unspecified atom stereocenters. The maximum atomic E-state index is 13.0. The molecule has 0 saturated carbocycles. The lowest BCUT2D eigenvalue weighted by Gasteiger charge is -2.46. The van der Waals surface area contributed by atoms with Crippen molar-refractivity contribution in [2.24, 2.45) is 0 Å². The Labute approximate surface area is 169 Å². The SMILES string of the molecule is CCN(CC)C(=O)C1Cn2ccnc2C2(CCN(C(=O)c3ccncn3)CC2)O1. The first kappa shape index (κ1) is 19.5. The topological polar surface area (TPSA) is 93.5 Å². The van der Waals surface area contributed by atoms with Crippen molar-refractivity contribution in [3.8, 4) is 0 Å². The molecule has 1 spiro atoms. The summed E-state index contributed by atoms with van der Waals surface area (Å²) in [7, 11) is 0. The van der Waals surface area contributed by atoms with Gasteiger partial charge in [-0.1, -0.05) is 0 Å². The fourth-order valence-electron chi connectivity index (χ4n) is 4.26. The zero-order chi connectivity index (χ0) is 20.4. The van der Waals surface area contributed by atoms with Gasteiger partial charge >= 0.3 is 0 Å². The summed E-state index contributed by atoms with van der Waals surface area (Å²) in [6.07, 6.45) is 7.23. The van der Waals surface area contributed by atoms with Gasteiger partial charge in [0.25, 0.3) is 11.8 Å². The van der Waals surface area contributed by atoms with Crippen LogP contribution in [-0.2, 0) is 21.7 Å². The summed E-state index contributed by atoms with van der Waals surface area (Å²) in [5.41, 5.74) is -0.269. The molecule has 2 aliphatic heterocycles. The summed E-state index contributed by atoms with van der Waals surface area (Å²) in [6, 6.07) is 1.62. The molecular weight excluding hydrogens is 372 g/mol. The summed E-state index contributed by atoms with van der Waals surface area (Å²) in [5, 5.41) is 0. The number of likely N-dealkylation sites (tertiary alicyclic amines) is 1. The van der Waals surface area contributed by atoms with Crippen LogP contribution in [-0.4, -0.2) is 73.4 Å². The maximum absolute atomic E-state index is 13.0. The molecule has 9 nitrogen and oxygen atoms in total. The van der Waals surface area contributed by atoms with E-state index < -0.39 is 11.7 Å².